The fourth-order valence-electron chi connectivity index (χ4n) is 1.83. The van der Waals surface area contributed by atoms with E-state index in [1.54, 1.807) is 0 Å². The summed E-state index contributed by atoms with van der Waals surface area (Å²) in [5.41, 5.74) is 8.02. The quantitative estimate of drug-likeness (QED) is 0.897. The van der Waals surface area contributed by atoms with Gasteiger partial charge in [-0.05, 0) is 26.3 Å². The normalized spacial score (nSPS) is 11.8. The molecule has 0 atom stereocenters. The Morgan fingerprint density at radius 1 is 1.33 bits per heavy atom. The van der Waals surface area contributed by atoms with Crippen LogP contribution in [0.3, 0.4) is 0 Å². The molecule has 0 fully saturated rings. The van der Waals surface area contributed by atoms with E-state index < -0.39 is 0 Å². The van der Waals surface area contributed by atoms with Crippen molar-refractivity contribution in [3.05, 3.63) is 47.1 Å². The van der Waals surface area contributed by atoms with E-state index in [2.05, 4.69) is 35.3 Å². The summed E-state index contributed by atoms with van der Waals surface area (Å²) in [6.45, 7) is 5.96. The second kappa shape index (κ2) is 4.90. The van der Waals surface area contributed by atoms with Crippen molar-refractivity contribution >= 4 is 0 Å². The van der Waals surface area contributed by atoms with Crippen LogP contribution in [-0.2, 0) is 12.8 Å². The number of aryl methyl sites for hydroxylation is 1. The summed E-state index contributed by atoms with van der Waals surface area (Å²) in [5, 5.41) is 3.98. The summed E-state index contributed by atoms with van der Waals surface area (Å²) in [4.78, 5) is 4.36. The third-order valence-electron chi connectivity index (χ3n) is 2.56. The van der Waals surface area contributed by atoms with E-state index in [-0.39, 0.29) is 5.54 Å². The average molecular weight is 245 g/mol. The zero-order chi connectivity index (χ0) is 13.2. The molecule has 0 amide bonds. The molecule has 2 aromatic rings. The molecule has 1 aromatic carbocycles. The van der Waals surface area contributed by atoms with Crippen LogP contribution in [-0.4, -0.2) is 15.7 Å². The Morgan fingerprint density at radius 3 is 2.78 bits per heavy atom. The minimum atomic E-state index is -0.326. The highest BCUT2D eigenvalue weighted by molar-refractivity contribution is 5.24. The summed E-state index contributed by atoms with van der Waals surface area (Å²) in [6.07, 6.45) is 1.28. The lowest BCUT2D eigenvalue weighted by molar-refractivity contribution is 0.345. The van der Waals surface area contributed by atoms with Gasteiger partial charge in [0.15, 0.2) is 5.82 Å². The van der Waals surface area contributed by atoms with Crippen molar-refractivity contribution in [1.82, 2.24) is 10.1 Å². The van der Waals surface area contributed by atoms with Crippen molar-refractivity contribution in [3.63, 3.8) is 0 Å². The third kappa shape index (κ3) is 3.67. The monoisotopic (exact) mass is 245 g/mol. The first-order valence-corrected chi connectivity index (χ1v) is 6.08. The maximum absolute atomic E-state index is 5.92. The molecule has 96 valence electrons. The molecule has 0 saturated heterocycles. The van der Waals surface area contributed by atoms with Crippen LogP contribution in [0.15, 0.2) is 28.8 Å². The number of nitrogens with zero attached hydrogens (tertiary/aromatic N) is 2. The number of hydrogen-bond acceptors (Lipinski definition) is 4. The molecular weight excluding hydrogens is 226 g/mol. The zero-order valence-electron chi connectivity index (χ0n) is 11.1. The summed E-state index contributed by atoms with van der Waals surface area (Å²) < 4.78 is 5.20. The maximum atomic E-state index is 5.92. The second-order valence-corrected chi connectivity index (χ2v) is 5.44. The fraction of sp³-hybridized carbons (Fsp3) is 0.429. The van der Waals surface area contributed by atoms with Gasteiger partial charge in [0.05, 0.1) is 0 Å². The molecule has 18 heavy (non-hydrogen) atoms. The van der Waals surface area contributed by atoms with Gasteiger partial charge in [0.25, 0.3) is 0 Å². The standard InChI is InChI=1S/C14H19N3O/c1-10-5-4-6-11(7-10)8-12-16-13(18-17-12)9-14(2,3)15/h4-7H,8-9,15H2,1-3H3. The summed E-state index contributed by atoms with van der Waals surface area (Å²) in [7, 11) is 0. The van der Waals surface area contributed by atoms with Crippen molar-refractivity contribution in [2.75, 3.05) is 0 Å². The van der Waals surface area contributed by atoms with E-state index in [9.17, 15) is 0 Å². The molecule has 4 nitrogen and oxygen atoms in total. The molecule has 4 heteroatoms. The minimum absolute atomic E-state index is 0.326. The molecule has 1 heterocycles. The number of hydrogen-bond donors (Lipinski definition) is 1. The molecule has 0 radical (unpaired) electrons. The SMILES string of the molecule is Cc1cccc(Cc2noc(CC(C)(C)N)n2)c1. The van der Waals surface area contributed by atoms with Crippen molar-refractivity contribution in [2.24, 2.45) is 5.73 Å². The van der Waals surface area contributed by atoms with Crippen molar-refractivity contribution in [2.45, 2.75) is 39.2 Å². The van der Waals surface area contributed by atoms with Gasteiger partial charge < -0.3 is 10.3 Å². The number of aromatic nitrogens is 2. The van der Waals surface area contributed by atoms with Crippen molar-refractivity contribution in [3.8, 4) is 0 Å². The van der Waals surface area contributed by atoms with Crippen LogP contribution in [0, 0.1) is 6.92 Å². The molecule has 0 unspecified atom stereocenters. The van der Waals surface area contributed by atoms with Gasteiger partial charge in [-0.15, -0.1) is 0 Å². The Balaban J connectivity index is 2.07. The van der Waals surface area contributed by atoms with Crippen LogP contribution >= 0.6 is 0 Å². The van der Waals surface area contributed by atoms with Gasteiger partial charge in [0, 0.05) is 18.4 Å². The van der Waals surface area contributed by atoms with Crippen LogP contribution in [0.4, 0.5) is 0 Å². The number of rotatable bonds is 4. The smallest absolute Gasteiger partial charge is 0.228 e. The largest absolute Gasteiger partial charge is 0.339 e. The van der Waals surface area contributed by atoms with Crippen LogP contribution in [0.1, 0.15) is 36.7 Å². The van der Waals surface area contributed by atoms with Crippen LogP contribution in [0.5, 0.6) is 0 Å². The fourth-order valence-corrected chi connectivity index (χ4v) is 1.83. The summed E-state index contributed by atoms with van der Waals surface area (Å²) >= 11 is 0. The van der Waals surface area contributed by atoms with Crippen molar-refractivity contribution < 1.29 is 4.52 Å². The van der Waals surface area contributed by atoms with E-state index in [1.807, 2.05) is 19.9 Å². The second-order valence-electron chi connectivity index (χ2n) is 5.44. The first-order valence-electron chi connectivity index (χ1n) is 6.08. The predicted octanol–water partition coefficient (Wildman–Crippen LogP) is 2.25. The summed E-state index contributed by atoms with van der Waals surface area (Å²) in [6, 6.07) is 8.30. The Bertz CT molecular complexity index is 526. The van der Waals surface area contributed by atoms with Gasteiger partial charge in [0.1, 0.15) is 0 Å². The van der Waals surface area contributed by atoms with Gasteiger partial charge in [-0.1, -0.05) is 35.0 Å². The lowest BCUT2D eigenvalue weighted by atomic mass is 10.0. The molecule has 1 aromatic heterocycles. The van der Waals surface area contributed by atoms with E-state index in [4.69, 9.17) is 10.3 Å². The molecule has 0 saturated carbocycles. The highest BCUT2D eigenvalue weighted by Gasteiger charge is 2.17. The van der Waals surface area contributed by atoms with Gasteiger partial charge in [-0.2, -0.15) is 4.98 Å². The highest BCUT2D eigenvalue weighted by atomic mass is 16.5. The van der Waals surface area contributed by atoms with Crippen LogP contribution in [0.2, 0.25) is 0 Å². The molecule has 0 aliphatic heterocycles. The maximum Gasteiger partial charge on any atom is 0.228 e. The first-order chi connectivity index (χ1) is 8.42. The van der Waals surface area contributed by atoms with E-state index >= 15 is 0 Å². The minimum Gasteiger partial charge on any atom is -0.339 e. The van der Waals surface area contributed by atoms with E-state index in [0.717, 1.165) is 0 Å². The first kappa shape index (κ1) is 12.8. The Kier molecular flexibility index (Phi) is 3.48. The third-order valence-corrected chi connectivity index (χ3v) is 2.56. The Labute approximate surface area is 107 Å². The number of nitrogens with two attached hydrogens (primary N) is 1. The topological polar surface area (TPSA) is 64.9 Å². The zero-order valence-corrected chi connectivity index (χ0v) is 11.1. The molecule has 0 aliphatic carbocycles. The summed E-state index contributed by atoms with van der Waals surface area (Å²) in [5.74, 6) is 1.31. The number of benzene rings is 1. The van der Waals surface area contributed by atoms with Crippen LogP contribution in [0.25, 0.3) is 0 Å². The molecule has 0 aliphatic rings. The van der Waals surface area contributed by atoms with E-state index in [0.29, 0.717) is 24.6 Å². The van der Waals surface area contributed by atoms with Crippen LogP contribution < -0.4 is 5.73 Å². The van der Waals surface area contributed by atoms with Gasteiger partial charge >= 0.3 is 0 Å². The molecule has 0 spiro atoms. The highest BCUT2D eigenvalue weighted by Crippen LogP contribution is 2.11. The molecular formula is C14H19N3O. The average Bonchev–Trinajstić information content (AvgIpc) is 2.62. The van der Waals surface area contributed by atoms with Crippen molar-refractivity contribution in [1.29, 1.82) is 0 Å². The van der Waals surface area contributed by atoms with Gasteiger partial charge in [-0.25, -0.2) is 0 Å². The molecule has 0 bridgehead atoms. The molecule has 2 N–H and O–H groups in total. The van der Waals surface area contributed by atoms with Gasteiger partial charge in [-0.3, -0.25) is 0 Å². The Hall–Kier alpha value is -1.68. The Morgan fingerprint density at radius 2 is 2.11 bits per heavy atom. The van der Waals surface area contributed by atoms with Gasteiger partial charge in [0.2, 0.25) is 5.89 Å². The molecule has 2 rings (SSSR count). The lowest BCUT2D eigenvalue weighted by Crippen LogP contribution is -2.34. The predicted molar refractivity (Wildman–Crippen MR) is 70.3 cm³/mol. The lowest BCUT2D eigenvalue weighted by Gasteiger charge is -2.14. The van der Waals surface area contributed by atoms with E-state index in [1.165, 1.54) is 11.1 Å².